The molecule has 0 aliphatic carbocycles. The number of aryl methyl sites for hydroxylation is 1. The van der Waals surface area contributed by atoms with Crippen LogP contribution in [0.3, 0.4) is 0 Å². The highest BCUT2D eigenvalue weighted by atomic mass is 35.5. The number of hydrogen-bond acceptors (Lipinski definition) is 3. The van der Waals surface area contributed by atoms with E-state index in [2.05, 4.69) is 4.72 Å². The first-order valence-corrected chi connectivity index (χ1v) is 12.2. The van der Waals surface area contributed by atoms with E-state index in [0.29, 0.717) is 22.8 Å². The van der Waals surface area contributed by atoms with Gasteiger partial charge in [-0.05, 0) is 53.5 Å². The number of sulfonamides is 1. The van der Waals surface area contributed by atoms with Crippen molar-refractivity contribution in [3.05, 3.63) is 105 Å². The molecule has 1 unspecified atom stereocenters. The summed E-state index contributed by atoms with van der Waals surface area (Å²) in [5, 5.41) is 10.8. The first kappa shape index (κ1) is 26.2. The van der Waals surface area contributed by atoms with E-state index in [9.17, 15) is 26.7 Å². The van der Waals surface area contributed by atoms with Crippen LogP contribution in [0.1, 0.15) is 22.3 Å². The van der Waals surface area contributed by atoms with Gasteiger partial charge in [-0.1, -0.05) is 77.8 Å². The fourth-order valence-electron chi connectivity index (χ4n) is 3.20. The Hall–Kier alpha value is -2.36. The topological polar surface area (TPSA) is 66.4 Å². The van der Waals surface area contributed by atoms with Crippen molar-refractivity contribution in [1.82, 2.24) is 4.72 Å². The number of nitrogens with one attached hydrogen (secondary N) is 1. The van der Waals surface area contributed by atoms with Crippen LogP contribution < -0.4 is 4.72 Å². The Bertz CT molecular complexity index is 1310. The first-order chi connectivity index (χ1) is 15.8. The molecule has 3 aromatic rings. The normalized spacial score (nSPS) is 14.3. The van der Waals surface area contributed by atoms with Crippen molar-refractivity contribution >= 4 is 39.3 Å². The maximum absolute atomic E-state index is 13.9. The maximum Gasteiger partial charge on any atom is 0.425 e. The summed E-state index contributed by atoms with van der Waals surface area (Å²) in [6.07, 6.45) is -3.10. The van der Waals surface area contributed by atoms with Gasteiger partial charge in [0.25, 0.3) is 0 Å². The highest BCUT2D eigenvalue weighted by Crippen LogP contribution is 2.41. The van der Waals surface area contributed by atoms with Crippen molar-refractivity contribution in [1.29, 1.82) is 0 Å². The molecule has 0 saturated carbocycles. The Morgan fingerprint density at radius 2 is 1.68 bits per heavy atom. The number of hydrogen-bond donors (Lipinski definition) is 2. The Kier molecular flexibility index (Phi) is 7.79. The predicted octanol–water partition coefficient (Wildman–Crippen LogP) is 6.24. The summed E-state index contributed by atoms with van der Waals surface area (Å²) >= 11 is 11.8. The molecule has 1 atom stereocenters. The van der Waals surface area contributed by atoms with Gasteiger partial charge in [-0.25, -0.2) is 13.1 Å². The average Bonchev–Trinajstić information content (AvgIpc) is 2.78. The smallest absolute Gasteiger partial charge is 0.373 e. The molecule has 0 spiro atoms. The number of aliphatic hydroxyl groups is 1. The van der Waals surface area contributed by atoms with Gasteiger partial charge < -0.3 is 5.11 Å². The van der Waals surface area contributed by atoms with E-state index in [4.69, 9.17) is 23.2 Å². The molecule has 0 fully saturated rings. The minimum Gasteiger partial charge on any atom is -0.373 e. The monoisotopic (exact) mass is 529 g/mol. The highest BCUT2D eigenvalue weighted by Gasteiger charge is 2.53. The van der Waals surface area contributed by atoms with E-state index in [1.165, 1.54) is 43.3 Å². The Balaban J connectivity index is 1.88. The minimum atomic E-state index is -4.99. The molecule has 0 saturated heterocycles. The third kappa shape index (κ3) is 5.82. The average molecular weight is 530 g/mol. The summed E-state index contributed by atoms with van der Waals surface area (Å²) < 4.78 is 69.2. The van der Waals surface area contributed by atoms with Crippen LogP contribution in [0.4, 0.5) is 13.2 Å². The van der Waals surface area contributed by atoms with Crippen LogP contribution in [0.5, 0.6) is 0 Å². The third-order valence-corrected chi connectivity index (χ3v) is 7.28. The Morgan fingerprint density at radius 3 is 2.29 bits per heavy atom. The van der Waals surface area contributed by atoms with Crippen molar-refractivity contribution in [3.63, 3.8) is 0 Å². The molecule has 34 heavy (non-hydrogen) atoms. The van der Waals surface area contributed by atoms with E-state index in [0.717, 1.165) is 6.07 Å². The molecule has 0 aliphatic rings. The van der Waals surface area contributed by atoms with Crippen LogP contribution in [0.15, 0.2) is 77.7 Å². The van der Waals surface area contributed by atoms with E-state index in [1.54, 1.807) is 30.3 Å². The molecule has 180 valence electrons. The predicted molar refractivity (Wildman–Crippen MR) is 127 cm³/mol. The van der Waals surface area contributed by atoms with Gasteiger partial charge in [-0.15, -0.1) is 0 Å². The second-order valence-electron chi connectivity index (χ2n) is 7.55. The largest absolute Gasteiger partial charge is 0.425 e. The number of alkyl halides is 3. The van der Waals surface area contributed by atoms with Gasteiger partial charge in [-0.3, -0.25) is 0 Å². The van der Waals surface area contributed by atoms with Gasteiger partial charge in [0.15, 0.2) is 0 Å². The zero-order valence-electron chi connectivity index (χ0n) is 17.8. The zero-order valence-corrected chi connectivity index (χ0v) is 20.1. The Morgan fingerprint density at radius 1 is 1.00 bits per heavy atom. The molecule has 0 amide bonds. The lowest BCUT2D eigenvalue weighted by atomic mass is 9.89. The van der Waals surface area contributed by atoms with E-state index < -0.39 is 27.4 Å². The minimum absolute atomic E-state index is 0.0237. The Labute approximate surface area is 205 Å². The molecule has 0 heterocycles. The zero-order chi connectivity index (χ0) is 25.1. The van der Waals surface area contributed by atoms with Crippen molar-refractivity contribution in [3.8, 4) is 0 Å². The lowest BCUT2D eigenvalue weighted by Gasteiger charge is -2.28. The van der Waals surface area contributed by atoms with Crippen LogP contribution in [-0.4, -0.2) is 19.7 Å². The van der Waals surface area contributed by atoms with Crippen LogP contribution >= 0.6 is 23.2 Å². The standard InChI is InChI=1S/C24H20Cl2F3NO3S/c1-16-13-19(23(31,24(27,28)29)12-11-17-5-3-2-4-6-17)8-7-18(16)15-30-34(32,33)22-14-20(25)9-10-21(22)26/h2-14,30-31H,15H2,1H3. The molecule has 2 N–H and O–H groups in total. The van der Waals surface area contributed by atoms with Crippen LogP contribution in [0, 0.1) is 6.92 Å². The van der Waals surface area contributed by atoms with Crippen LogP contribution in [-0.2, 0) is 22.2 Å². The lowest BCUT2D eigenvalue weighted by molar-refractivity contribution is -0.244. The fourth-order valence-corrected chi connectivity index (χ4v) is 4.97. The summed E-state index contributed by atoms with van der Waals surface area (Å²) in [5.74, 6) is 0. The summed E-state index contributed by atoms with van der Waals surface area (Å²) in [6.45, 7) is 1.32. The van der Waals surface area contributed by atoms with Crippen LogP contribution in [0.25, 0.3) is 6.08 Å². The molecule has 3 aromatic carbocycles. The summed E-state index contributed by atoms with van der Waals surface area (Å²) in [7, 11) is -4.04. The van der Waals surface area contributed by atoms with E-state index in [1.807, 2.05) is 0 Å². The number of halogens is 5. The van der Waals surface area contributed by atoms with Gasteiger partial charge in [0.1, 0.15) is 4.90 Å². The fraction of sp³-hybridized carbons (Fsp3) is 0.167. The lowest BCUT2D eigenvalue weighted by Crippen LogP contribution is -2.40. The van der Waals surface area contributed by atoms with Gasteiger partial charge in [0, 0.05) is 11.6 Å². The summed E-state index contributed by atoms with van der Waals surface area (Å²) in [5.41, 5.74) is -2.36. The number of rotatable bonds is 7. The van der Waals surface area contributed by atoms with Crippen molar-refractivity contribution in [2.45, 2.75) is 30.1 Å². The summed E-state index contributed by atoms with van der Waals surface area (Å²) in [4.78, 5) is -0.214. The van der Waals surface area contributed by atoms with Crippen molar-refractivity contribution in [2.24, 2.45) is 0 Å². The molecular weight excluding hydrogens is 510 g/mol. The second-order valence-corrected chi connectivity index (χ2v) is 10.1. The van der Waals surface area contributed by atoms with E-state index in [-0.39, 0.29) is 21.5 Å². The molecule has 0 aliphatic heterocycles. The SMILES string of the molecule is Cc1cc(C(O)(C=Cc2ccccc2)C(F)(F)F)ccc1CNS(=O)(=O)c1cc(Cl)ccc1Cl. The number of benzene rings is 3. The molecule has 10 heteroatoms. The van der Waals surface area contributed by atoms with Gasteiger partial charge in [0.05, 0.1) is 5.02 Å². The second kappa shape index (κ2) is 10.1. The molecule has 0 radical (unpaired) electrons. The summed E-state index contributed by atoms with van der Waals surface area (Å²) in [6, 6.07) is 15.9. The molecular formula is C24H20Cl2F3NO3S. The van der Waals surface area contributed by atoms with Crippen molar-refractivity contribution in [2.75, 3.05) is 0 Å². The van der Waals surface area contributed by atoms with Gasteiger partial charge in [-0.2, -0.15) is 13.2 Å². The maximum atomic E-state index is 13.9. The third-order valence-electron chi connectivity index (χ3n) is 5.17. The molecule has 0 bridgehead atoms. The molecule has 3 rings (SSSR count). The van der Waals surface area contributed by atoms with Gasteiger partial charge >= 0.3 is 6.18 Å². The van der Waals surface area contributed by atoms with Crippen molar-refractivity contribution < 1.29 is 26.7 Å². The van der Waals surface area contributed by atoms with E-state index >= 15 is 0 Å². The molecule has 0 aromatic heterocycles. The quantitative estimate of drug-likeness (QED) is 0.380. The first-order valence-electron chi connectivity index (χ1n) is 9.91. The molecule has 4 nitrogen and oxygen atoms in total. The highest BCUT2D eigenvalue weighted by molar-refractivity contribution is 7.89. The van der Waals surface area contributed by atoms with Gasteiger partial charge in [0.2, 0.25) is 15.6 Å². The van der Waals surface area contributed by atoms with Crippen LogP contribution in [0.2, 0.25) is 10.0 Å².